The van der Waals surface area contributed by atoms with E-state index < -0.39 is 23.1 Å². The Morgan fingerprint density at radius 1 is 1.12 bits per heavy atom. The van der Waals surface area contributed by atoms with E-state index in [-0.39, 0.29) is 42.2 Å². The molecule has 1 aromatic rings. The van der Waals surface area contributed by atoms with Gasteiger partial charge in [-0.3, -0.25) is 19.2 Å². The molecule has 3 N–H and O–H groups in total. The van der Waals surface area contributed by atoms with Gasteiger partial charge in [0.2, 0.25) is 23.6 Å². The molecule has 4 rings (SSSR count). The van der Waals surface area contributed by atoms with E-state index in [1.165, 1.54) is 6.92 Å². The van der Waals surface area contributed by atoms with E-state index in [1.807, 2.05) is 51.1 Å². The lowest BCUT2D eigenvalue weighted by Crippen LogP contribution is -2.60. The molecule has 43 heavy (non-hydrogen) atoms. The highest BCUT2D eigenvalue weighted by molar-refractivity contribution is 5.91. The maximum absolute atomic E-state index is 13.8. The summed E-state index contributed by atoms with van der Waals surface area (Å²) in [5, 5.41) is 9.12. The van der Waals surface area contributed by atoms with Crippen molar-refractivity contribution in [2.75, 3.05) is 32.9 Å². The van der Waals surface area contributed by atoms with Crippen LogP contribution in [0.25, 0.3) is 0 Å². The summed E-state index contributed by atoms with van der Waals surface area (Å²) in [6.07, 6.45) is 7.52. The van der Waals surface area contributed by atoms with E-state index in [1.54, 1.807) is 4.90 Å². The zero-order valence-corrected chi connectivity index (χ0v) is 26.0. The van der Waals surface area contributed by atoms with Crippen molar-refractivity contribution >= 4 is 23.6 Å². The van der Waals surface area contributed by atoms with Crippen LogP contribution in [-0.4, -0.2) is 85.2 Å². The number of fused-ring (bicyclic) bond motifs is 1. The van der Waals surface area contributed by atoms with Gasteiger partial charge in [0.1, 0.15) is 12.1 Å². The number of carbonyl (C=O) groups is 4. The SMILES string of the molecule is CC(=O)N[C@@H](COC(C)(C)C)C(=O)N1CC[C@H]2NC(=O)[C@H](Cc3ccccc3)NC(=O)C3(C/C=C/C[C@@H]2C1)CCOCC3. The smallest absolute Gasteiger partial charge is 0.247 e. The highest BCUT2D eigenvalue weighted by Gasteiger charge is 2.42. The second kappa shape index (κ2) is 14.5. The highest BCUT2D eigenvalue weighted by atomic mass is 16.5. The molecule has 0 saturated carbocycles. The summed E-state index contributed by atoms with van der Waals surface area (Å²) in [7, 11) is 0. The molecule has 3 aliphatic rings. The number of rotatable bonds is 6. The third kappa shape index (κ3) is 9.13. The van der Waals surface area contributed by atoms with Crippen LogP contribution in [0.3, 0.4) is 0 Å². The molecule has 2 fully saturated rings. The fourth-order valence-corrected chi connectivity index (χ4v) is 6.15. The van der Waals surface area contributed by atoms with Crippen molar-refractivity contribution in [1.29, 1.82) is 0 Å². The van der Waals surface area contributed by atoms with Gasteiger partial charge in [0.15, 0.2) is 0 Å². The third-order valence-electron chi connectivity index (χ3n) is 8.68. The molecule has 0 aliphatic carbocycles. The van der Waals surface area contributed by atoms with Gasteiger partial charge in [-0.15, -0.1) is 0 Å². The van der Waals surface area contributed by atoms with Gasteiger partial charge in [-0.25, -0.2) is 0 Å². The number of hydrogen-bond donors (Lipinski definition) is 3. The van der Waals surface area contributed by atoms with E-state index in [2.05, 4.69) is 28.1 Å². The minimum Gasteiger partial charge on any atom is -0.381 e. The maximum Gasteiger partial charge on any atom is 0.247 e. The first-order valence-electron chi connectivity index (χ1n) is 15.5. The van der Waals surface area contributed by atoms with Gasteiger partial charge < -0.3 is 30.3 Å². The van der Waals surface area contributed by atoms with Gasteiger partial charge in [0.05, 0.1) is 17.6 Å². The minimum absolute atomic E-state index is 0.0300. The fraction of sp³-hybridized carbons (Fsp3) is 0.636. The van der Waals surface area contributed by atoms with E-state index >= 15 is 0 Å². The summed E-state index contributed by atoms with van der Waals surface area (Å²) in [5.41, 5.74) is -0.120. The Morgan fingerprint density at radius 2 is 1.84 bits per heavy atom. The van der Waals surface area contributed by atoms with Crippen molar-refractivity contribution in [3.8, 4) is 0 Å². The number of carbonyl (C=O) groups excluding carboxylic acids is 4. The average molecular weight is 597 g/mol. The predicted molar refractivity (Wildman–Crippen MR) is 163 cm³/mol. The summed E-state index contributed by atoms with van der Waals surface area (Å²) in [4.78, 5) is 54.9. The topological polar surface area (TPSA) is 126 Å². The molecule has 10 heteroatoms. The third-order valence-corrected chi connectivity index (χ3v) is 8.68. The molecule has 0 aromatic heterocycles. The van der Waals surface area contributed by atoms with Crippen LogP contribution in [0.2, 0.25) is 0 Å². The van der Waals surface area contributed by atoms with Crippen molar-refractivity contribution in [2.24, 2.45) is 11.3 Å². The van der Waals surface area contributed by atoms with Crippen LogP contribution in [0.1, 0.15) is 65.4 Å². The van der Waals surface area contributed by atoms with Crippen molar-refractivity contribution in [2.45, 2.75) is 89.9 Å². The number of amides is 4. The number of hydrogen-bond acceptors (Lipinski definition) is 6. The fourth-order valence-electron chi connectivity index (χ4n) is 6.15. The Morgan fingerprint density at radius 3 is 2.51 bits per heavy atom. The molecule has 1 spiro atoms. The summed E-state index contributed by atoms with van der Waals surface area (Å²) in [6, 6.07) is 8.03. The highest BCUT2D eigenvalue weighted by Crippen LogP contribution is 2.36. The molecule has 1 aromatic carbocycles. The van der Waals surface area contributed by atoms with Crippen LogP contribution in [0, 0.1) is 11.3 Å². The molecule has 2 saturated heterocycles. The van der Waals surface area contributed by atoms with E-state index in [0.717, 1.165) is 5.56 Å². The molecular formula is C33H48N4O6. The first-order chi connectivity index (χ1) is 20.5. The molecule has 0 radical (unpaired) electrons. The summed E-state index contributed by atoms with van der Waals surface area (Å²) >= 11 is 0. The summed E-state index contributed by atoms with van der Waals surface area (Å²) in [6.45, 7) is 9.09. The van der Waals surface area contributed by atoms with Crippen molar-refractivity contribution < 1.29 is 28.7 Å². The quantitative estimate of drug-likeness (QED) is 0.434. The van der Waals surface area contributed by atoms with Gasteiger partial charge in [-0.05, 0) is 58.4 Å². The lowest BCUT2D eigenvalue weighted by atomic mass is 9.75. The number of nitrogens with zero attached hydrogens (tertiary/aromatic N) is 1. The van der Waals surface area contributed by atoms with E-state index in [4.69, 9.17) is 9.47 Å². The molecule has 4 atom stereocenters. The first kappa shape index (κ1) is 32.7. The molecule has 0 bridgehead atoms. The first-order valence-corrected chi connectivity index (χ1v) is 15.5. The second-order valence-corrected chi connectivity index (χ2v) is 13.1. The zero-order valence-electron chi connectivity index (χ0n) is 26.0. The Bertz CT molecular complexity index is 1160. The molecule has 4 amide bonds. The number of benzene rings is 1. The molecule has 0 unspecified atom stereocenters. The van der Waals surface area contributed by atoms with Gasteiger partial charge in [0, 0.05) is 51.6 Å². The lowest BCUT2D eigenvalue weighted by Gasteiger charge is -2.41. The molecule has 236 valence electrons. The molecule has 10 nitrogen and oxygen atoms in total. The summed E-state index contributed by atoms with van der Waals surface area (Å²) < 4.78 is 11.5. The van der Waals surface area contributed by atoms with Crippen molar-refractivity contribution in [1.82, 2.24) is 20.9 Å². The van der Waals surface area contributed by atoms with E-state index in [9.17, 15) is 19.2 Å². The van der Waals surface area contributed by atoms with Crippen LogP contribution in [0.15, 0.2) is 42.5 Å². The van der Waals surface area contributed by atoms with Crippen LogP contribution in [-0.2, 0) is 35.1 Å². The number of piperidine rings is 1. The Labute approximate surface area is 255 Å². The molecule has 3 aliphatic heterocycles. The number of likely N-dealkylation sites (tertiary alicyclic amines) is 1. The van der Waals surface area contributed by atoms with Gasteiger partial charge in [-0.2, -0.15) is 0 Å². The zero-order chi connectivity index (χ0) is 31.0. The molecule has 3 heterocycles. The normalized spacial score (nSPS) is 26.1. The lowest BCUT2D eigenvalue weighted by molar-refractivity contribution is -0.142. The van der Waals surface area contributed by atoms with Crippen LogP contribution < -0.4 is 16.0 Å². The van der Waals surface area contributed by atoms with Crippen LogP contribution in [0.5, 0.6) is 0 Å². The number of allylic oxidation sites excluding steroid dienone is 2. The molecular weight excluding hydrogens is 548 g/mol. The van der Waals surface area contributed by atoms with Crippen molar-refractivity contribution in [3.63, 3.8) is 0 Å². The monoisotopic (exact) mass is 596 g/mol. The Balaban J connectivity index is 1.55. The number of nitrogens with one attached hydrogen (secondary N) is 3. The van der Waals surface area contributed by atoms with Gasteiger partial charge in [-0.1, -0.05) is 42.5 Å². The average Bonchev–Trinajstić information content (AvgIpc) is 2.97. The van der Waals surface area contributed by atoms with E-state index in [0.29, 0.717) is 64.8 Å². The maximum atomic E-state index is 13.8. The standard InChI is InChI=1S/C33H48N4O6/c1-23(38)34-28(22-43-32(2,3)4)30(40)37-17-13-26-25(21-37)12-8-9-14-33(15-18-42-19-16-33)31(41)36-27(29(39)35-26)20-24-10-6-5-7-11-24/h5-11,25-28H,12-22H2,1-4H3,(H,34,38)(H,35,39)(H,36,41)/b9-8+/t25-,26-,27+,28+/m1/s1. The van der Waals surface area contributed by atoms with Crippen LogP contribution >= 0.6 is 0 Å². The van der Waals surface area contributed by atoms with Gasteiger partial charge in [0.25, 0.3) is 0 Å². The Hall–Kier alpha value is -3.24. The van der Waals surface area contributed by atoms with Crippen LogP contribution in [0.4, 0.5) is 0 Å². The number of ether oxygens (including phenoxy) is 2. The largest absolute Gasteiger partial charge is 0.381 e. The summed E-state index contributed by atoms with van der Waals surface area (Å²) in [5.74, 6) is -0.822. The Kier molecular flexibility index (Phi) is 11.0. The minimum atomic E-state index is -0.788. The predicted octanol–water partition coefficient (Wildman–Crippen LogP) is 2.51. The second-order valence-electron chi connectivity index (χ2n) is 13.1. The van der Waals surface area contributed by atoms with Gasteiger partial charge >= 0.3 is 0 Å². The van der Waals surface area contributed by atoms with Crippen molar-refractivity contribution in [3.05, 3.63) is 48.0 Å².